The number of para-hydroxylation sites is 1. The summed E-state index contributed by atoms with van der Waals surface area (Å²) < 4.78 is 5.52. The molecule has 0 atom stereocenters. The van der Waals surface area contributed by atoms with E-state index in [0.29, 0.717) is 19.5 Å². The van der Waals surface area contributed by atoms with Crippen LogP contribution in [0.15, 0.2) is 54.6 Å². The van der Waals surface area contributed by atoms with Crippen LogP contribution in [0.4, 0.5) is 4.79 Å². The quantitative estimate of drug-likeness (QED) is 0.532. The molecule has 178 valence electrons. The average molecular weight is 460 g/mol. The van der Waals surface area contributed by atoms with Gasteiger partial charge in [-0.15, -0.1) is 0 Å². The van der Waals surface area contributed by atoms with E-state index in [1.54, 1.807) is 11.8 Å². The van der Waals surface area contributed by atoms with Crippen molar-refractivity contribution >= 4 is 22.8 Å². The number of fused-ring (bicyclic) bond motifs is 1. The number of hydrogen-bond donors (Lipinski definition) is 0. The molecule has 0 unspecified atom stereocenters. The molecule has 4 rings (SSSR count). The standard InChI is InChI=1S/C28H33N3O3/c1-20(32)17-21-9-11-22(12-10-21)26-18-23(24-7-5-6-8-25(24)29-26)19-30-13-15-31(16-14-30)27(33)34-28(2,3)4/h5-12,18H,13-17,19H2,1-4H3. The van der Waals surface area contributed by atoms with Crippen molar-refractivity contribution in [2.45, 2.75) is 46.3 Å². The summed E-state index contributed by atoms with van der Waals surface area (Å²) in [6.07, 6.45) is 0.211. The van der Waals surface area contributed by atoms with Crippen LogP contribution in [0, 0.1) is 0 Å². The Morgan fingerprint density at radius 3 is 2.29 bits per heavy atom. The van der Waals surface area contributed by atoms with Crippen LogP contribution in [0.2, 0.25) is 0 Å². The third-order valence-corrected chi connectivity index (χ3v) is 5.92. The maximum absolute atomic E-state index is 12.4. The number of aromatic nitrogens is 1. The SMILES string of the molecule is CC(=O)Cc1ccc(-c2cc(CN3CCN(C(=O)OC(C)(C)C)CC3)c3ccccc3n2)cc1. The van der Waals surface area contributed by atoms with E-state index in [1.165, 1.54) is 5.56 Å². The molecule has 1 aromatic heterocycles. The number of ketones is 1. The number of pyridine rings is 1. The molecule has 6 nitrogen and oxygen atoms in total. The maximum Gasteiger partial charge on any atom is 0.410 e. The number of rotatable bonds is 5. The summed E-state index contributed by atoms with van der Waals surface area (Å²) in [6.45, 7) is 11.0. The molecule has 2 heterocycles. The van der Waals surface area contributed by atoms with Gasteiger partial charge < -0.3 is 9.64 Å². The smallest absolute Gasteiger partial charge is 0.410 e. The van der Waals surface area contributed by atoms with Gasteiger partial charge >= 0.3 is 6.09 Å². The summed E-state index contributed by atoms with van der Waals surface area (Å²) in [7, 11) is 0. The second-order valence-corrected chi connectivity index (χ2v) is 10.0. The van der Waals surface area contributed by atoms with E-state index in [9.17, 15) is 9.59 Å². The zero-order valence-electron chi connectivity index (χ0n) is 20.5. The molecule has 1 aliphatic heterocycles. The monoisotopic (exact) mass is 459 g/mol. The van der Waals surface area contributed by atoms with E-state index in [2.05, 4.69) is 17.0 Å². The Kier molecular flexibility index (Phi) is 6.98. The molecule has 34 heavy (non-hydrogen) atoms. The summed E-state index contributed by atoms with van der Waals surface area (Å²) >= 11 is 0. The molecule has 1 saturated heterocycles. The predicted octanol–water partition coefficient (Wildman–Crippen LogP) is 5.09. The minimum Gasteiger partial charge on any atom is -0.444 e. The fourth-order valence-corrected chi connectivity index (χ4v) is 4.26. The topological polar surface area (TPSA) is 62.7 Å². The molecule has 0 spiro atoms. The number of piperazine rings is 1. The van der Waals surface area contributed by atoms with Crippen molar-refractivity contribution in [3.05, 3.63) is 65.7 Å². The zero-order valence-corrected chi connectivity index (χ0v) is 20.5. The Labute approximate surface area is 201 Å². The number of benzene rings is 2. The van der Waals surface area contributed by atoms with E-state index >= 15 is 0 Å². The van der Waals surface area contributed by atoms with Gasteiger partial charge in [0.15, 0.2) is 0 Å². The maximum atomic E-state index is 12.4. The van der Waals surface area contributed by atoms with Crippen LogP contribution in [0.5, 0.6) is 0 Å². The van der Waals surface area contributed by atoms with Gasteiger partial charge in [-0.2, -0.15) is 0 Å². The number of carbonyl (C=O) groups excluding carboxylic acids is 2. The Morgan fingerprint density at radius 2 is 1.65 bits per heavy atom. The first-order valence-corrected chi connectivity index (χ1v) is 11.9. The van der Waals surface area contributed by atoms with Crippen molar-refractivity contribution in [2.75, 3.05) is 26.2 Å². The first-order valence-electron chi connectivity index (χ1n) is 11.9. The van der Waals surface area contributed by atoms with Crippen LogP contribution in [-0.2, 0) is 22.5 Å². The van der Waals surface area contributed by atoms with Gasteiger partial charge in [-0.1, -0.05) is 42.5 Å². The highest BCUT2D eigenvalue weighted by Crippen LogP contribution is 2.27. The normalized spacial score (nSPS) is 14.9. The second kappa shape index (κ2) is 9.94. The van der Waals surface area contributed by atoms with Crippen molar-refractivity contribution in [1.82, 2.24) is 14.8 Å². The van der Waals surface area contributed by atoms with Gasteiger partial charge in [0.2, 0.25) is 0 Å². The lowest BCUT2D eigenvalue weighted by Crippen LogP contribution is -2.49. The van der Waals surface area contributed by atoms with Crippen LogP contribution in [0.25, 0.3) is 22.2 Å². The van der Waals surface area contributed by atoms with Crippen LogP contribution >= 0.6 is 0 Å². The number of Topliss-reactive ketones (excluding diaryl/α,β-unsaturated/α-hetero) is 1. The van der Waals surface area contributed by atoms with Gasteiger partial charge in [0.05, 0.1) is 11.2 Å². The molecule has 0 radical (unpaired) electrons. The van der Waals surface area contributed by atoms with Gasteiger partial charge in [0.1, 0.15) is 11.4 Å². The lowest BCUT2D eigenvalue weighted by atomic mass is 10.0. The van der Waals surface area contributed by atoms with Crippen molar-refractivity contribution in [1.29, 1.82) is 0 Å². The Morgan fingerprint density at radius 1 is 0.971 bits per heavy atom. The number of carbonyl (C=O) groups is 2. The van der Waals surface area contributed by atoms with Gasteiger partial charge in [-0.05, 0) is 51.0 Å². The highest BCUT2D eigenvalue weighted by atomic mass is 16.6. The largest absolute Gasteiger partial charge is 0.444 e. The molecule has 0 bridgehead atoms. The summed E-state index contributed by atoms with van der Waals surface area (Å²) in [4.78, 5) is 32.9. The van der Waals surface area contributed by atoms with E-state index in [0.717, 1.165) is 47.4 Å². The average Bonchev–Trinajstić information content (AvgIpc) is 2.78. The third kappa shape index (κ3) is 6.00. The first kappa shape index (κ1) is 23.9. The van der Waals surface area contributed by atoms with Crippen molar-refractivity contribution in [3.63, 3.8) is 0 Å². The molecule has 0 N–H and O–H groups in total. The van der Waals surface area contributed by atoms with Crippen LogP contribution in [0.3, 0.4) is 0 Å². The van der Waals surface area contributed by atoms with Crippen LogP contribution in [0.1, 0.15) is 38.8 Å². The molecule has 1 fully saturated rings. The molecule has 1 amide bonds. The first-order chi connectivity index (χ1) is 16.2. The predicted molar refractivity (Wildman–Crippen MR) is 135 cm³/mol. The lowest BCUT2D eigenvalue weighted by molar-refractivity contribution is -0.116. The Hall–Kier alpha value is -3.25. The number of ether oxygens (including phenoxy) is 1. The molecule has 2 aromatic carbocycles. The fraction of sp³-hybridized carbons (Fsp3) is 0.393. The third-order valence-electron chi connectivity index (χ3n) is 5.92. The van der Waals surface area contributed by atoms with E-state index in [4.69, 9.17) is 9.72 Å². The lowest BCUT2D eigenvalue weighted by Gasteiger charge is -2.35. The number of nitrogens with zero attached hydrogens (tertiary/aromatic N) is 3. The molecular weight excluding hydrogens is 426 g/mol. The van der Waals surface area contributed by atoms with Crippen molar-refractivity contribution < 1.29 is 14.3 Å². The highest BCUT2D eigenvalue weighted by molar-refractivity contribution is 5.85. The van der Waals surface area contributed by atoms with Gasteiger partial charge in [0, 0.05) is 50.1 Å². The summed E-state index contributed by atoms with van der Waals surface area (Å²) in [5, 5.41) is 1.15. The summed E-state index contributed by atoms with van der Waals surface area (Å²) in [5.74, 6) is 0.158. The fourth-order valence-electron chi connectivity index (χ4n) is 4.26. The zero-order chi connectivity index (χ0) is 24.3. The van der Waals surface area contributed by atoms with E-state index in [1.807, 2.05) is 63.2 Å². The van der Waals surface area contributed by atoms with Gasteiger partial charge in [-0.25, -0.2) is 9.78 Å². The molecule has 6 heteroatoms. The van der Waals surface area contributed by atoms with Crippen molar-refractivity contribution in [2.24, 2.45) is 0 Å². The number of amides is 1. The van der Waals surface area contributed by atoms with Gasteiger partial charge in [0.25, 0.3) is 0 Å². The van der Waals surface area contributed by atoms with Gasteiger partial charge in [-0.3, -0.25) is 9.69 Å². The molecule has 0 saturated carbocycles. The Balaban J connectivity index is 1.52. The minimum absolute atomic E-state index is 0.158. The molecular formula is C28H33N3O3. The molecule has 1 aliphatic rings. The summed E-state index contributed by atoms with van der Waals surface area (Å²) in [5.41, 5.74) is 4.68. The second-order valence-electron chi connectivity index (χ2n) is 10.0. The van der Waals surface area contributed by atoms with Crippen LogP contribution < -0.4 is 0 Å². The van der Waals surface area contributed by atoms with Crippen molar-refractivity contribution in [3.8, 4) is 11.3 Å². The highest BCUT2D eigenvalue weighted by Gasteiger charge is 2.26. The molecule has 0 aliphatic carbocycles. The molecule has 3 aromatic rings. The minimum atomic E-state index is -0.481. The van der Waals surface area contributed by atoms with E-state index < -0.39 is 5.60 Å². The Bertz CT molecular complexity index is 1170. The summed E-state index contributed by atoms with van der Waals surface area (Å²) in [6, 6.07) is 18.5. The number of hydrogen-bond acceptors (Lipinski definition) is 5. The van der Waals surface area contributed by atoms with E-state index in [-0.39, 0.29) is 11.9 Å². The van der Waals surface area contributed by atoms with Crippen LogP contribution in [-0.4, -0.2) is 58.4 Å².